The minimum absolute atomic E-state index is 0.313. The number of rotatable bonds is 9. The fraction of sp³-hybridized carbons (Fsp3) is 0.533. The number of nitrogens with zero attached hydrogens (tertiary/aromatic N) is 1. The second-order valence-electron chi connectivity index (χ2n) is 4.71. The zero-order valence-electron chi connectivity index (χ0n) is 12.1. The van der Waals surface area contributed by atoms with Crippen molar-refractivity contribution < 1.29 is 9.47 Å². The van der Waals surface area contributed by atoms with Crippen molar-refractivity contribution >= 4 is 21.6 Å². The van der Waals surface area contributed by atoms with Crippen LogP contribution in [-0.4, -0.2) is 38.5 Å². The molecule has 0 fully saturated rings. The fourth-order valence-corrected chi connectivity index (χ4v) is 2.74. The van der Waals surface area contributed by atoms with Crippen molar-refractivity contribution in [3.05, 3.63) is 29.3 Å². The van der Waals surface area contributed by atoms with Crippen LogP contribution in [0.1, 0.15) is 24.9 Å². The molecule has 5 heteroatoms. The molecule has 4 nitrogen and oxygen atoms in total. The molecule has 2 heterocycles. The molecule has 0 radical (unpaired) electrons. The summed E-state index contributed by atoms with van der Waals surface area (Å²) in [7, 11) is 1.69. The number of nitrogens with one attached hydrogen (secondary N) is 1. The minimum atomic E-state index is 0.313. The molecular formula is C15H22N2O2S. The average Bonchev–Trinajstić information content (AvgIpc) is 2.93. The number of pyridine rings is 1. The van der Waals surface area contributed by atoms with Crippen LogP contribution in [0.15, 0.2) is 23.7 Å². The van der Waals surface area contributed by atoms with Crippen molar-refractivity contribution in [3.8, 4) is 0 Å². The molecule has 0 bridgehead atoms. The van der Waals surface area contributed by atoms with E-state index < -0.39 is 0 Å². The van der Waals surface area contributed by atoms with Gasteiger partial charge in [0.25, 0.3) is 0 Å². The van der Waals surface area contributed by atoms with E-state index in [1.54, 1.807) is 18.4 Å². The summed E-state index contributed by atoms with van der Waals surface area (Å²) in [4.78, 5) is 4.47. The van der Waals surface area contributed by atoms with E-state index in [9.17, 15) is 0 Å². The van der Waals surface area contributed by atoms with E-state index in [1.807, 2.05) is 6.20 Å². The summed E-state index contributed by atoms with van der Waals surface area (Å²) >= 11 is 1.74. The summed E-state index contributed by atoms with van der Waals surface area (Å²) in [5, 5.41) is 5.58. The molecule has 0 aliphatic carbocycles. The first-order valence-electron chi connectivity index (χ1n) is 6.94. The molecule has 2 rings (SSSR count). The van der Waals surface area contributed by atoms with Crippen LogP contribution in [0.3, 0.4) is 0 Å². The molecular weight excluding hydrogens is 272 g/mol. The second kappa shape index (κ2) is 8.32. The van der Waals surface area contributed by atoms with Crippen molar-refractivity contribution in [1.29, 1.82) is 0 Å². The van der Waals surface area contributed by atoms with Crippen molar-refractivity contribution in [2.24, 2.45) is 0 Å². The number of fused-ring (bicyclic) bond motifs is 1. The summed E-state index contributed by atoms with van der Waals surface area (Å²) in [6.07, 6.45) is 2.96. The lowest BCUT2D eigenvalue weighted by molar-refractivity contribution is 0.0693. The summed E-state index contributed by atoms with van der Waals surface area (Å²) < 4.78 is 11.6. The Labute approximate surface area is 124 Å². The van der Waals surface area contributed by atoms with Crippen LogP contribution in [0.25, 0.3) is 10.2 Å². The Balaban J connectivity index is 1.70. The van der Waals surface area contributed by atoms with Gasteiger partial charge in [-0.1, -0.05) is 0 Å². The van der Waals surface area contributed by atoms with E-state index in [0.717, 1.165) is 25.1 Å². The molecule has 0 aliphatic rings. The first-order valence-corrected chi connectivity index (χ1v) is 7.82. The number of hydrogen-bond donors (Lipinski definition) is 1. The van der Waals surface area contributed by atoms with Gasteiger partial charge in [-0.25, -0.2) is 0 Å². The number of methoxy groups -OCH3 is 1. The van der Waals surface area contributed by atoms with Crippen LogP contribution in [0.2, 0.25) is 0 Å². The van der Waals surface area contributed by atoms with Crippen LogP contribution in [0.5, 0.6) is 0 Å². The second-order valence-corrected chi connectivity index (χ2v) is 5.65. The standard InChI is InChI=1S/C15H22N2O2S/c1-12(16-5-3-6-19-8-7-18-2)13-10-15-14(17-11-13)4-9-20-15/h4,9-12,16H,3,5-8H2,1-2H3. The highest BCUT2D eigenvalue weighted by molar-refractivity contribution is 7.17. The van der Waals surface area contributed by atoms with E-state index in [-0.39, 0.29) is 0 Å². The fourth-order valence-electron chi connectivity index (χ4n) is 1.95. The van der Waals surface area contributed by atoms with E-state index in [2.05, 4.69) is 34.7 Å². The Kier molecular flexibility index (Phi) is 6.39. The molecule has 0 saturated heterocycles. The lowest BCUT2D eigenvalue weighted by atomic mass is 10.1. The first-order chi connectivity index (χ1) is 9.81. The quantitative estimate of drug-likeness (QED) is 0.722. The molecule has 0 saturated carbocycles. The molecule has 1 atom stereocenters. The van der Waals surface area contributed by atoms with Gasteiger partial charge < -0.3 is 14.8 Å². The van der Waals surface area contributed by atoms with Gasteiger partial charge in [0, 0.05) is 26.0 Å². The van der Waals surface area contributed by atoms with E-state index in [0.29, 0.717) is 19.3 Å². The molecule has 2 aromatic rings. The van der Waals surface area contributed by atoms with Gasteiger partial charge in [0.15, 0.2) is 0 Å². The molecule has 1 unspecified atom stereocenters. The molecule has 2 aromatic heterocycles. The molecule has 0 amide bonds. The highest BCUT2D eigenvalue weighted by Crippen LogP contribution is 2.22. The van der Waals surface area contributed by atoms with Crippen LogP contribution in [-0.2, 0) is 9.47 Å². The molecule has 0 spiro atoms. The van der Waals surface area contributed by atoms with Crippen molar-refractivity contribution in [3.63, 3.8) is 0 Å². The number of hydrogen-bond acceptors (Lipinski definition) is 5. The van der Waals surface area contributed by atoms with Gasteiger partial charge in [-0.3, -0.25) is 4.98 Å². The Morgan fingerprint density at radius 3 is 3.10 bits per heavy atom. The first kappa shape index (κ1) is 15.4. The van der Waals surface area contributed by atoms with Gasteiger partial charge in [0.1, 0.15) is 0 Å². The lowest BCUT2D eigenvalue weighted by Crippen LogP contribution is -2.21. The SMILES string of the molecule is COCCOCCCNC(C)c1cnc2ccsc2c1. The maximum Gasteiger partial charge on any atom is 0.0809 e. The third-order valence-corrected chi connectivity index (χ3v) is 4.02. The van der Waals surface area contributed by atoms with Gasteiger partial charge >= 0.3 is 0 Å². The summed E-state index contributed by atoms with van der Waals surface area (Å²) in [5.74, 6) is 0. The van der Waals surface area contributed by atoms with E-state index in [4.69, 9.17) is 9.47 Å². The van der Waals surface area contributed by atoms with E-state index >= 15 is 0 Å². The normalized spacial score (nSPS) is 12.9. The maximum atomic E-state index is 5.43. The highest BCUT2D eigenvalue weighted by atomic mass is 32.1. The zero-order chi connectivity index (χ0) is 14.2. The molecule has 20 heavy (non-hydrogen) atoms. The van der Waals surface area contributed by atoms with Gasteiger partial charge in [-0.05, 0) is 43.0 Å². The number of ether oxygens (including phenoxy) is 2. The smallest absolute Gasteiger partial charge is 0.0809 e. The minimum Gasteiger partial charge on any atom is -0.382 e. The highest BCUT2D eigenvalue weighted by Gasteiger charge is 2.06. The molecule has 0 aromatic carbocycles. The number of thiophene rings is 1. The van der Waals surface area contributed by atoms with Crippen molar-refractivity contribution in [1.82, 2.24) is 10.3 Å². The summed E-state index contributed by atoms with van der Waals surface area (Å²) in [6.45, 7) is 5.21. The summed E-state index contributed by atoms with van der Waals surface area (Å²) in [6, 6.07) is 4.59. The van der Waals surface area contributed by atoms with Crippen LogP contribution >= 0.6 is 11.3 Å². The van der Waals surface area contributed by atoms with E-state index in [1.165, 1.54) is 10.3 Å². The van der Waals surface area contributed by atoms with Gasteiger partial charge in [0.2, 0.25) is 0 Å². The van der Waals surface area contributed by atoms with Gasteiger partial charge in [-0.15, -0.1) is 11.3 Å². The Bertz CT molecular complexity index is 515. The van der Waals surface area contributed by atoms with Crippen LogP contribution in [0, 0.1) is 0 Å². The van der Waals surface area contributed by atoms with Crippen molar-refractivity contribution in [2.75, 3.05) is 33.5 Å². The average molecular weight is 294 g/mol. The predicted molar refractivity (Wildman–Crippen MR) is 83.3 cm³/mol. The Morgan fingerprint density at radius 1 is 1.35 bits per heavy atom. The Hall–Kier alpha value is -1.01. The van der Waals surface area contributed by atoms with Gasteiger partial charge in [-0.2, -0.15) is 0 Å². The molecule has 1 N–H and O–H groups in total. The number of aromatic nitrogens is 1. The topological polar surface area (TPSA) is 43.4 Å². The molecule has 0 aliphatic heterocycles. The van der Waals surface area contributed by atoms with Crippen LogP contribution in [0.4, 0.5) is 0 Å². The lowest BCUT2D eigenvalue weighted by Gasteiger charge is -2.14. The Morgan fingerprint density at radius 2 is 2.25 bits per heavy atom. The predicted octanol–water partition coefficient (Wildman–Crippen LogP) is 3.00. The summed E-state index contributed by atoms with van der Waals surface area (Å²) in [5.41, 5.74) is 2.32. The zero-order valence-corrected chi connectivity index (χ0v) is 12.9. The van der Waals surface area contributed by atoms with Crippen LogP contribution < -0.4 is 5.32 Å². The van der Waals surface area contributed by atoms with Crippen molar-refractivity contribution in [2.45, 2.75) is 19.4 Å². The monoisotopic (exact) mass is 294 g/mol. The third kappa shape index (κ3) is 4.52. The maximum absolute atomic E-state index is 5.43. The third-order valence-electron chi connectivity index (χ3n) is 3.17. The van der Waals surface area contributed by atoms with Gasteiger partial charge in [0.05, 0.1) is 23.4 Å². The molecule has 110 valence electrons. The largest absolute Gasteiger partial charge is 0.382 e.